The minimum Gasteiger partial charge on any atom is -0.468 e. The Morgan fingerprint density at radius 2 is 2.19 bits per heavy atom. The number of hydrogen-bond acceptors (Lipinski definition) is 6. The number of furan rings is 1. The van der Waals surface area contributed by atoms with Crippen LogP contribution in [0.3, 0.4) is 0 Å². The van der Waals surface area contributed by atoms with Crippen LogP contribution < -0.4 is 4.72 Å². The molecule has 0 aliphatic rings. The Kier molecular flexibility index (Phi) is 4.50. The van der Waals surface area contributed by atoms with Gasteiger partial charge in [0.1, 0.15) is 15.5 Å². The van der Waals surface area contributed by atoms with Gasteiger partial charge in [0, 0.05) is 0 Å². The van der Waals surface area contributed by atoms with E-state index in [9.17, 15) is 13.2 Å². The van der Waals surface area contributed by atoms with Gasteiger partial charge in [-0.1, -0.05) is 0 Å². The summed E-state index contributed by atoms with van der Waals surface area (Å²) in [7, 11) is -2.64. The summed E-state index contributed by atoms with van der Waals surface area (Å²) in [6.45, 7) is 3.30. The Bertz CT molecular complexity index is 731. The van der Waals surface area contributed by atoms with E-state index in [1.165, 1.54) is 13.4 Å². The molecule has 0 saturated carbocycles. The number of ether oxygens (including phenoxy) is 1. The molecule has 114 valence electrons. The summed E-state index contributed by atoms with van der Waals surface area (Å²) in [5, 5.41) is 1.61. The van der Waals surface area contributed by atoms with Crippen molar-refractivity contribution in [3.8, 4) is 0 Å². The van der Waals surface area contributed by atoms with E-state index in [0.29, 0.717) is 11.3 Å². The third-order valence-corrected chi connectivity index (χ3v) is 5.79. The van der Waals surface area contributed by atoms with Crippen LogP contribution in [0.15, 0.2) is 33.1 Å². The topological polar surface area (TPSA) is 85.6 Å². The molecule has 2 heterocycles. The Morgan fingerprint density at radius 1 is 1.48 bits per heavy atom. The second-order valence-electron chi connectivity index (χ2n) is 4.43. The van der Waals surface area contributed by atoms with Gasteiger partial charge in [-0.15, -0.1) is 11.3 Å². The zero-order valence-corrected chi connectivity index (χ0v) is 13.4. The van der Waals surface area contributed by atoms with Gasteiger partial charge in [0.2, 0.25) is 10.0 Å². The van der Waals surface area contributed by atoms with Crippen molar-refractivity contribution in [2.75, 3.05) is 7.11 Å². The average molecular weight is 329 g/mol. The lowest BCUT2D eigenvalue weighted by atomic mass is 10.3. The largest absolute Gasteiger partial charge is 0.468 e. The number of rotatable bonds is 5. The van der Waals surface area contributed by atoms with E-state index in [4.69, 9.17) is 4.42 Å². The molecule has 8 heteroatoms. The summed E-state index contributed by atoms with van der Waals surface area (Å²) in [5.74, 6) is -0.176. The Hall–Kier alpha value is -1.64. The normalized spacial score (nSPS) is 13.1. The molecule has 0 amide bonds. The van der Waals surface area contributed by atoms with Crippen LogP contribution in [0, 0.1) is 6.92 Å². The molecule has 1 N–H and O–H groups in total. The van der Waals surface area contributed by atoms with Crippen molar-refractivity contribution in [2.24, 2.45) is 0 Å². The molecule has 2 aromatic heterocycles. The number of sulfonamides is 1. The number of hydrogen-bond donors (Lipinski definition) is 1. The second kappa shape index (κ2) is 6.00. The molecule has 0 fully saturated rings. The summed E-state index contributed by atoms with van der Waals surface area (Å²) >= 11 is 1.04. The van der Waals surface area contributed by atoms with Crippen LogP contribution in [0.5, 0.6) is 0 Å². The first-order valence-electron chi connectivity index (χ1n) is 6.09. The molecule has 0 aromatic carbocycles. The van der Waals surface area contributed by atoms with Gasteiger partial charge >= 0.3 is 5.97 Å². The van der Waals surface area contributed by atoms with E-state index < -0.39 is 22.0 Å². The highest BCUT2D eigenvalue weighted by atomic mass is 32.2. The molecule has 21 heavy (non-hydrogen) atoms. The SMILES string of the molecule is COC(=O)c1scc(C)c1S(=O)(=O)N[C@@H](C)c1ccco1. The third-order valence-electron chi connectivity index (χ3n) is 2.86. The second-order valence-corrected chi connectivity index (χ2v) is 6.96. The van der Waals surface area contributed by atoms with Crippen molar-refractivity contribution < 1.29 is 22.4 Å². The molecule has 0 saturated heterocycles. The van der Waals surface area contributed by atoms with Gasteiger partial charge < -0.3 is 9.15 Å². The first-order valence-corrected chi connectivity index (χ1v) is 8.45. The maximum absolute atomic E-state index is 12.5. The van der Waals surface area contributed by atoms with Gasteiger partial charge in [-0.3, -0.25) is 0 Å². The van der Waals surface area contributed by atoms with Crippen LogP contribution in [-0.4, -0.2) is 21.5 Å². The number of carbonyl (C=O) groups excluding carboxylic acids is 1. The van der Waals surface area contributed by atoms with Crippen LogP contribution in [0.2, 0.25) is 0 Å². The Morgan fingerprint density at radius 3 is 2.76 bits per heavy atom. The molecule has 0 radical (unpaired) electrons. The smallest absolute Gasteiger partial charge is 0.349 e. The van der Waals surface area contributed by atoms with Crippen molar-refractivity contribution in [3.63, 3.8) is 0 Å². The predicted octanol–water partition coefficient (Wildman–Crippen LogP) is 2.48. The van der Waals surface area contributed by atoms with Crippen molar-refractivity contribution in [1.82, 2.24) is 4.72 Å². The van der Waals surface area contributed by atoms with E-state index in [1.54, 1.807) is 31.4 Å². The van der Waals surface area contributed by atoms with E-state index in [2.05, 4.69) is 9.46 Å². The zero-order chi connectivity index (χ0) is 15.6. The van der Waals surface area contributed by atoms with Gasteiger partial charge in [0.05, 0.1) is 19.4 Å². The van der Waals surface area contributed by atoms with Crippen LogP contribution in [0.4, 0.5) is 0 Å². The lowest BCUT2D eigenvalue weighted by molar-refractivity contribution is 0.0602. The fourth-order valence-electron chi connectivity index (χ4n) is 1.89. The standard InChI is InChI=1S/C13H15NO5S2/c1-8-7-20-11(13(15)18-3)12(8)21(16,17)14-9(2)10-5-4-6-19-10/h4-7,9,14H,1-3H3/t9-/m0/s1. The van der Waals surface area contributed by atoms with E-state index in [1.807, 2.05) is 0 Å². The minimum absolute atomic E-state index is 0.0437. The monoisotopic (exact) mass is 329 g/mol. The van der Waals surface area contributed by atoms with Crippen LogP contribution in [0.1, 0.15) is 34.0 Å². The first-order chi connectivity index (χ1) is 9.86. The van der Waals surface area contributed by atoms with E-state index in [0.717, 1.165) is 11.3 Å². The van der Waals surface area contributed by atoms with Gasteiger partial charge in [-0.2, -0.15) is 0 Å². The van der Waals surface area contributed by atoms with Crippen molar-refractivity contribution in [2.45, 2.75) is 24.8 Å². The molecule has 0 aliphatic heterocycles. The van der Waals surface area contributed by atoms with Crippen LogP contribution in [0.25, 0.3) is 0 Å². The number of aryl methyl sites for hydroxylation is 1. The third kappa shape index (κ3) is 3.17. The Balaban J connectivity index is 2.36. The number of thiophene rings is 1. The molecular formula is C13H15NO5S2. The molecule has 0 unspecified atom stereocenters. The molecule has 2 rings (SSSR count). The first kappa shape index (κ1) is 15.7. The molecule has 1 atom stereocenters. The predicted molar refractivity (Wildman–Crippen MR) is 77.8 cm³/mol. The van der Waals surface area contributed by atoms with Crippen LogP contribution >= 0.6 is 11.3 Å². The summed E-state index contributed by atoms with van der Waals surface area (Å²) < 4.78 is 37.3. The molecule has 0 aliphatic carbocycles. The highest BCUT2D eigenvalue weighted by Crippen LogP contribution is 2.28. The number of nitrogens with one attached hydrogen (secondary N) is 1. The minimum atomic E-state index is -3.86. The highest BCUT2D eigenvalue weighted by molar-refractivity contribution is 7.89. The van der Waals surface area contributed by atoms with Gasteiger partial charge in [-0.05, 0) is 36.9 Å². The average Bonchev–Trinajstić information content (AvgIpc) is 3.06. The van der Waals surface area contributed by atoms with Gasteiger partial charge in [0.15, 0.2) is 0 Å². The number of esters is 1. The molecular weight excluding hydrogens is 314 g/mol. The summed E-state index contributed by atoms with van der Waals surface area (Å²) in [4.78, 5) is 11.7. The molecule has 2 aromatic rings. The molecule has 0 spiro atoms. The van der Waals surface area contributed by atoms with E-state index in [-0.39, 0.29) is 9.77 Å². The highest BCUT2D eigenvalue weighted by Gasteiger charge is 2.29. The van der Waals surface area contributed by atoms with Crippen molar-refractivity contribution in [1.29, 1.82) is 0 Å². The Labute approximate surface area is 126 Å². The molecule has 6 nitrogen and oxygen atoms in total. The number of carbonyl (C=O) groups is 1. The summed E-state index contributed by atoms with van der Waals surface area (Å²) in [6, 6.07) is 2.81. The quantitative estimate of drug-likeness (QED) is 0.852. The van der Waals surface area contributed by atoms with Gasteiger partial charge in [-0.25, -0.2) is 17.9 Å². The van der Waals surface area contributed by atoms with Gasteiger partial charge in [0.25, 0.3) is 0 Å². The zero-order valence-electron chi connectivity index (χ0n) is 11.7. The van der Waals surface area contributed by atoms with Crippen molar-refractivity contribution >= 4 is 27.3 Å². The fourth-order valence-corrected chi connectivity index (χ4v) is 4.81. The van der Waals surface area contributed by atoms with Crippen LogP contribution in [-0.2, 0) is 14.8 Å². The maximum atomic E-state index is 12.5. The summed E-state index contributed by atoms with van der Waals surface area (Å²) in [6.07, 6.45) is 1.47. The van der Waals surface area contributed by atoms with E-state index >= 15 is 0 Å². The number of methoxy groups -OCH3 is 1. The fraction of sp³-hybridized carbons (Fsp3) is 0.308. The lowest BCUT2D eigenvalue weighted by Crippen LogP contribution is -2.28. The van der Waals surface area contributed by atoms with Crippen molar-refractivity contribution in [3.05, 3.63) is 40.0 Å². The lowest BCUT2D eigenvalue weighted by Gasteiger charge is -2.13. The summed E-state index contributed by atoms with van der Waals surface area (Å²) in [5.41, 5.74) is 0.500. The molecule has 0 bridgehead atoms. The maximum Gasteiger partial charge on any atom is 0.349 e.